The topological polar surface area (TPSA) is 89.3 Å². The average Bonchev–Trinajstić information content (AvgIpc) is 3.17. The molecule has 0 saturated carbocycles. The molecular formula is C16H21N3O4S2. The molecule has 1 aliphatic heterocycles. The van der Waals surface area contributed by atoms with E-state index in [9.17, 15) is 16.8 Å². The number of anilines is 1. The Kier molecular flexibility index (Phi) is 4.63. The molecule has 9 heteroatoms. The molecular weight excluding hydrogens is 362 g/mol. The summed E-state index contributed by atoms with van der Waals surface area (Å²) in [6, 6.07) is 4.50. The molecule has 1 fully saturated rings. The lowest BCUT2D eigenvalue weighted by Crippen LogP contribution is -2.33. The Morgan fingerprint density at radius 1 is 1.16 bits per heavy atom. The fourth-order valence-electron chi connectivity index (χ4n) is 3.24. The van der Waals surface area contributed by atoms with Gasteiger partial charge < -0.3 is 9.47 Å². The quantitative estimate of drug-likeness (QED) is 0.774. The largest absolute Gasteiger partial charge is 0.366 e. The molecule has 0 spiro atoms. The highest BCUT2D eigenvalue weighted by Crippen LogP contribution is 2.33. The maximum absolute atomic E-state index is 12.3. The van der Waals surface area contributed by atoms with Gasteiger partial charge in [0.2, 0.25) is 0 Å². The van der Waals surface area contributed by atoms with Gasteiger partial charge in [0.15, 0.2) is 19.7 Å². The van der Waals surface area contributed by atoms with Crippen LogP contribution in [0.3, 0.4) is 0 Å². The van der Waals surface area contributed by atoms with Gasteiger partial charge in [-0.2, -0.15) is 0 Å². The second-order valence-corrected chi connectivity index (χ2v) is 10.4. The highest BCUT2D eigenvalue weighted by molar-refractivity contribution is 7.91. The minimum Gasteiger partial charge on any atom is -0.366 e. The third-order valence-electron chi connectivity index (χ3n) is 4.43. The summed E-state index contributed by atoms with van der Waals surface area (Å²) in [5, 5.41) is 0. The van der Waals surface area contributed by atoms with E-state index in [1.54, 1.807) is 18.6 Å². The molecule has 0 N–H and O–H groups in total. The van der Waals surface area contributed by atoms with Crippen LogP contribution in [0.25, 0.3) is 0 Å². The Balaban J connectivity index is 2.03. The number of imidazole rings is 1. The van der Waals surface area contributed by atoms with Crippen LogP contribution in [-0.2, 0) is 26.2 Å². The minimum atomic E-state index is -3.56. The van der Waals surface area contributed by atoms with E-state index in [4.69, 9.17) is 0 Å². The first-order valence-corrected chi connectivity index (χ1v) is 11.7. The monoisotopic (exact) mass is 383 g/mol. The van der Waals surface area contributed by atoms with E-state index in [-0.39, 0.29) is 15.8 Å². The van der Waals surface area contributed by atoms with Gasteiger partial charge in [0, 0.05) is 44.0 Å². The molecule has 0 bridgehead atoms. The minimum absolute atomic E-state index is 0.0158. The maximum Gasteiger partial charge on any atom is 0.177 e. The van der Waals surface area contributed by atoms with Gasteiger partial charge in [-0.15, -0.1) is 0 Å². The maximum atomic E-state index is 12.3. The van der Waals surface area contributed by atoms with Crippen molar-refractivity contribution in [3.63, 3.8) is 0 Å². The van der Waals surface area contributed by atoms with Crippen LogP contribution in [0.2, 0.25) is 0 Å². The van der Waals surface area contributed by atoms with E-state index in [1.165, 1.54) is 12.1 Å². The molecule has 136 valence electrons. The molecule has 0 amide bonds. The van der Waals surface area contributed by atoms with Gasteiger partial charge in [-0.3, -0.25) is 0 Å². The van der Waals surface area contributed by atoms with Gasteiger partial charge in [0.25, 0.3) is 0 Å². The SMILES string of the molecule is CS(=O)(=O)c1ccc(N2CCCC2Cn2ccnc2)c(S(C)(=O)=O)c1. The standard InChI is InChI=1S/C16H21N3O4S2/c1-24(20,21)14-5-6-15(16(10-14)25(2,22)23)19-8-3-4-13(19)11-18-9-7-17-12-18/h5-7,9-10,12-13H,3-4,8,11H2,1-2H3. The summed E-state index contributed by atoms with van der Waals surface area (Å²) in [7, 11) is -7.04. The first-order valence-electron chi connectivity index (χ1n) is 7.93. The molecule has 1 aliphatic rings. The van der Waals surface area contributed by atoms with E-state index in [2.05, 4.69) is 9.88 Å². The summed E-state index contributed by atoms with van der Waals surface area (Å²) in [6.07, 6.45) is 9.40. The van der Waals surface area contributed by atoms with Crippen molar-refractivity contribution in [3.05, 3.63) is 36.9 Å². The van der Waals surface area contributed by atoms with Crippen molar-refractivity contribution in [1.82, 2.24) is 9.55 Å². The lowest BCUT2D eigenvalue weighted by atomic mass is 10.2. The molecule has 0 radical (unpaired) electrons. The number of nitrogens with zero attached hydrogens (tertiary/aromatic N) is 3. The Morgan fingerprint density at radius 3 is 2.52 bits per heavy atom. The van der Waals surface area contributed by atoms with Crippen molar-refractivity contribution >= 4 is 25.4 Å². The smallest absolute Gasteiger partial charge is 0.177 e. The molecule has 2 aromatic rings. The lowest BCUT2D eigenvalue weighted by molar-refractivity contribution is 0.547. The molecule has 3 rings (SSSR count). The molecule has 1 aromatic heterocycles. The highest BCUT2D eigenvalue weighted by Gasteiger charge is 2.29. The van der Waals surface area contributed by atoms with E-state index in [0.29, 0.717) is 12.2 Å². The number of benzene rings is 1. The van der Waals surface area contributed by atoms with Crippen LogP contribution in [-0.4, -0.2) is 51.5 Å². The fourth-order valence-corrected chi connectivity index (χ4v) is 4.87. The Hall–Kier alpha value is -1.87. The van der Waals surface area contributed by atoms with Gasteiger partial charge >= 0.3 is 0 Å². The highest BCUT2D eigenvalue weighted by atomic mass is 32.2. The second-order valence-electron chi connectivity index (χ2n) is 6.42. The van der Waals surface area contributed by atoms with Crippen LogP contribution < -0.4 is 4.90 Å². The molecule has 1 aromatic carbocycles. The summed E-state index contributed by atoms with van der Waals surface area (Å²) in [5.74, 6) is 0. The molecule has 0 aliphatic carbocycles. The zero-order valence-corrected chi connectivity index (χ0v) is 15.8. The van der Waals surface area contributed by atoms with Gasteiger partial charge in [-0.05, 0) is 31.0 Å². The molecule has 1 atom stereocenters. The van der Waals surface area contributed by atoms with Crippen molar-refractivity contribution in [2.75, 3.05) is 24.0 Å². The van der Waals surface area contributed by atoms with Crippen LogP contribution in [0.4, 0.5) is 5.69 Å². The van der Waals surface area contributed by atoms with Crippen LogP contribution >= 0.6 is 0 Å². The molecule has 25 heavy (non-hydrogen) atoms. The van der Waals surface area contributed by atoms with Gasteiger partial charge in [-0.25, -0.2) is 21.8 Å². The van der Waals surface area contributed by atoms with E-state index in [0.717, 1.165) is 31.9 Å². The van der Waals surface area contributed by atoms with Crippen molar-refractivity contribution in [2.24, 2.45) is 0 Å². The van der Waals surface area contributed by atoms with Crippen molar-refractivity contribution in [1.29, 1.82) is 0 Å². The van der Waals surface area contributed by atoms with Crippen molar-refractivity contribution in [3.8, 4) is 0 Å². The summed E-state index contributed by atoms with van der Waals surface area (Å²) < 4.78 is 50.1. The number of sulfone groups is 2. The second kappa shape index (κ2) is 6.45. The van der Waals surface area contributed by atoms with Crippen molar-refractivity contribution < 1.29 is 16.8 Å². The van der Waals surface area contributed by atoms with Gasteiger partial charge in [0.1, 0.15) is 0 Å². The predicted octanol–water partition coefficient (Wildman–Crippen LogP) is 1.36. The average molecular weight is 383 g/mol. The zero-order valence-electron chi connectivity index (χ0n) is 14.2. The predicted molar refractivity (Wildman–Crippen MR) is 95.3 cm³/mol. The third-order valence-corrected chi connectivity index (χ3v) is 6.66. The molecule has 2 heterocycles. The third kappa shape index (κ3) is 3.87. The summed E-state index contributed by atoms with van der Waals surface area (Å²) in [4.78, 5) is 6.18. The first-order chi connectivity index (χ1) is 11.7. The van der Waals surface area contributed by atoms with E-state index in [1.807, 2.05) is 10.8 Å². The summed E-state index contributed by atoms with van der Waals surface area (Å²) in [5.41, 5.74) is 0.567. The first kappa shape index (κ1) is 17.9. The van der Waals surface area contributed by atoms with Gasteiger partial charge in [0.05, 0.1) is 21.8 Å². The fraction of sp³-hybridized carbons (Fsp3) is 0.438. The van der Waals surface area contributed by atoms with Crippen LogP contribution in [0.5, 0.6) is 0 Å². The molecule has 1 unspecified atom stereocenters. The number of rotatable bonds is 5. The van der Waals surface area contributed by atoms with Gasteiger partial charge in [-0.1, -0.05) is 0 Å². The Morgan fingerprint density at radius 2 is 1.92 bits per heavy atom. The zero-order chi connectivity index (χ0) is 18.2. The number of hydrogen-bond acceptors (Lipinski definition) is 6. The summed E-state index contributed by atoms with van der Waals surface area (Å²) in [6.45, 7) is 1.44. The van der Waals surface area contributed by atoms with Crippen LogP contribution in [0, 0.1) is 0 Å². The lowest BCUT2D eigenvalue weighted by Gasteiger charge is -2.29. The normalized spacial score (nSPS) is 18.6. The van der Waals surface area contributed by atoms with Crippen LogP contribution in [0.1, 0.15) is 12.8 Å². The van der Waals surface area contributed by atoms with Crippen molar-refractivity contribution in [2.45, 2.75) is 35.2 Å². The van der Waals surface area contributed by atoms with Crippen LogP contribution in [0.15, 0.2) is 46.7 Å². The number of aromatic nitrogens is 2. The molecule has 7 nitrogen and oxygen atoms in total. The van der Waals surface area contributed by atoms with E-state index >= 15 is 0 Å². The molecule has 1 saturated heterocycles. The Bertz CT molecular complexity index is 967. The summed E-state index contributed by atoms with van der Waals surface area (Å²) >= 11 is 0. The Labute approximate surface area is 148 Å². The number of hydrogen-bond donors (Lipinski definition) is 0. The van der Waals surface area contributed by atoms with E-state index < -0.39 is 19.7 Å².